The van der Waals surface area contributed by atoms with Crippen molar-refractivity contribution in [3.05, 3.63) is 15.0 Å². The predicted molar refractivity (Wildman–Crippen MR) is 63.4 cm³/mol. The average molecular weight is 275 g/mol. The number of hydrogen-bond acceptors (Lipinski definition) is 3. The fraction of sp³-hybridized carbons (Fsp3) is 0.700. The lowest BCUT2D eigenvalue weighted by molar-refractivity contribution is 0.384. The van der Waals surface area contributed by atoms with Crippen molar-refractivity contribution in [3.8, 4) is 0 Å². The van der Waals surface area contributed by atoms with E-state index in [0.29, 0.717) is 0 Å². The summed E-state index contributed by atoms with van der Waals surface area (Å²) in [6.45, 7) is 0. The first-order valence-electron chi connectivity index (χ1n) is 5.11. The van der Waals surface area contributed by atoms with Gasteiger partial charge in [-0.2, -0.15) is 0 Å². The van der Waals surface area contributed by atoms with Crippen molar-refractivity contribution in [1.29, 1.82) is 0 Å². The fourth-order valence-corrected chi connectivity index (χ4v) is 3.42. The van der Waals surface area contributed by atoms with Gasteiger partial charge in [0.05, 0.1) is 15.5 Å². The molecule has 2 nitrogen and oxygen atoms in total. The Labute approximate surface area is 97.0 Å². The lowest BCUT2D eigenvalue weighted by atomic mass is 9.92. The minimum atomic E-state index is -0.146. The normalized spacial score (nSPS) is 21.9. The Hall–Kier alpha value is 0.0700. The zero-order valence-corrected chi connectivity index (χ0v) is 10.5. The molecule has 14 heavy (non-hydrogen) atoms. The summed E-state index contributed by atoms with van der Waals surface area (Å²) in [7, 11) is 0. The Bertz CT molecular complexity index is 303. The second-order valence-corrected chi connectivity index (χ2v) is 6.45. The lowest BCUT2D eigenvalue weighted by Crippen LogP contribution is -2.35. The summed E-state index contributed by atoms with van der Waals surface area (Å²) in [6, 6.07) is 0. The van der Waals surface area contributed by atoms with Crippen LogP contribution in [0.3, 0.4) is 0 Å². The van der Waals surface area contributed by atoms with E-state index >= 15 is 0 Å². The highest BCUT2D eigenvalue weighted by Crippen LogP contribution is 2.36. The van der Waals surface area contributed by atoms with Gasteiger partial charge in [-0.1, -0.05) is 25.7 Å². The monoisotopic (exact) mass is 274 g/mol. The molecule has 0 bridgehead atoms. The molecule has 1 heterocycles. The SMILES string of the molecule is NC1(c2ncc(Br)s2)CCCCCC1. The highest BCUT2D eigenvalue weighted by Gasteiger charge is 2.30. The Morgan fingerprint density at radius 1 is 1.29 bits per heavy atom. The summed E-state index contributed by atoms with van der Waals surface area (Å²) in [5, 5.41) is 1.10. The number of halogens is 1. The van der Waals surface area contributed by atoms with Crippen LogP contribution in [-0.4, -0.2) is 4.98 Å². The molecule has 1 aliphatic carbocycles. The Balaban J connectivity index is 2.20. The standard InChI is InChI=1S/C10H15BrN2S/c11-8-7-13-9(14-8)10(12)5-3-1-2-4-6-10/h7H,1-6,12H2. The van der Waals surface area contributed by atoms with E-state index in [-0.39, 0.29) is 5.54 Å². The summed E-state index contributed by atoms with van der Waals surface area (Å²) in [5.41, 5.74) is 6.28. The number of rotatable bonds is 1. The van der Waals surface area contributed by atoms with Crippen LogP contribution in [0.2, 0.25) is 0 Å². The fourth-order valence-electron chi connectivity index (χ4n) is 2.06. The molecule has 0 aromatic carbocycles. The van der Waals surface area contributed by atoms with Gasteiger partial charge in [0.15, 0.2) is 0 Å². The van der Waals surface area contributed by atoms with E-state index in [1.165, 1.54) is 25.7 Å². The first-order valence-corrected chi connectivity index (χ1v) is 6.72. The highest BCUT2D eigenvalue weighted by atomic mass is 79.9. The molecule has 1 aromatic rings. The van der Waals surface area contributed by atoms with Crippen LogP contribution in [0, 0.1) is 0 Å². The second-order valence-electron chi connectivity index (χ2n) is 4.04. The van der Waals surface area contributed by atoms with Crippen molar-refractivity contribution in [2.24, 2.45) is 5.73 Å². The van der Waals surface area contributed by atoms with Gasteiger partial charge in [-0.05, 0) is 28.8 Å². The average Bonchev–Trinajstić information content (AvgIpc) is 2.47. The first-order chi connectivity index (χ1) is 6.71. The lowest BCUT2D eigenvalue weighted by Gasteiger charge is -2.25. The molecule has 0 aliphatic heterocycles. The summed E-state index contributed by atoms with van der Waals surface area (Å²) in [4.78, 5) is 4.40. The minimum Gasteiger partial charge on any atom is -0.319 e. The summed E-state index contributed by atoms with van der Waals surface area (Å²) in [5.74, 6) is 0. The van der Waals surface area contributed by atoms with Crippen LogP contribution in [0.15, 0.2) is 9.98 Å². The molecule has 4 heteroatoms. The Kier molecular flexibility index (Phi) is 3.24. The number of nitrogens with zero attached hydrogens (tertiary/aromatic N) is 1. The van der Waals surface area contributed by atoms with Gasteiger partial charge in [0.2, 0.25) is 0 Å². The molecule has 2 N–H and O–H groups in total. The zero-order valence-electron chi connectivity index (χ0n) is 8.13. The Morgan fingerprint density at radius 2 is 1.93 bits per heavy atom. The van der Waals surface area contributed by atoms with Gasteiger partial charge in [-0.3, -0.25) is 0 Å². The summed E-state index contributed by atoms with van der Waals surface area (Å²) >= 11 is 5.13. The predicted octanol–water partition coefficient (Wildman–Crippen LogP) is 3.41. The van der Waals surface area contributed by atoms with E-state index in [0.717, 1.165) is 21.6 Å². The van der Waals surface area contributed by atoms with E-state index in [1.54, 1.807) is 11.3 Å². The molecule has 0 saturated heterocycles. The highest BCUT2D eigenvalue weighted by molar-refractivity contribution is 9.11. The zero-order chi connectivity index (χ0) is 10.0. The van der Waals surface area contributed by atoms with Crippen LogP contribution in [0.5, 0.6) is 0 Å². The third-order valence-electron chi connectivity index (χ3n) is 2.90. The molecule has 1 fully saturated rings. The van der Waals surface area contributed by atoms with Crippen molar-refractivity contribution in [3.63, 3.8) is 0 Å². The molecular weight excluding hydrogens is 260 g/mol. The Morgan fingerprint density at radius 3 is 2.43 bits per heavy atom. The molecule has 1 aromatic heterocycles. The first kappa shape index (κ1) is 10.6. The van der Waals surface area contributed by atoms with Crippen LogP contribution >= 0.6 is 27.3 Å². The summed E-state index contributed by atoms with van der Waals surface area (Å²) < 4.78 is 1.08. The molecule has 2 rings (SSSR count). The van der Waals surface area contributed by atoms with Crippen molar-refractivity contribution in [2.45, 2.75) is 44.1 Å². The molecular formula is C10H15BrN2S. The maximum Gasteiger partial charge on any atom is 0.114 e. The van der Waals surface area contributed by atoms with E-state index in [1.807, 2.05) is 6.20 Å². The molecule has 0 unspecified atom stereocenters. The van der Waals surface area contributed by atoms with Gasteiger partial charge in [-0.15, -0.1) is 11.3 Å². The van der Waals surface area contributed by atoms with Crippen LogP contribution in [0.25, 0.3) is 0 Å². The summed E-state index contributed by atoms with van der Waals surface area (Å²) in [6.07, 6.45) is 9.18. The van der Waals surface area contributed by atoms with Gasteiger partial charge in [0, 0.05) is 0 Å². The van der Waals surface area contributed by atoms with Crippen LogP contribution < -0.4 is 5.73 Å². The largest absolute Gasteiger partial charge is 0.319 e. The van der Waals surface area contributed by atoms with E-state index in [9.17, 15) is 0 Å². The van der Waals surface area contributed by atoms with E-state index < -0.39 is 0 Å². The number of hydrogen-bond donors (Lipinski definition) is 1. The van der Waals surface area contributed by atoms with Crippen molar-refractivity contribution in [2.75, 3.05) is 0 Å². The van der Waals surface area contributed by atoms with Crippen molar-refractivity contribution < 1.29 is 0 Å². The maximum atomic E-state index is 6.42. The van der Waals surface area contributed by atoms with Gasteiger partial charge in [0.1, 0.15) is 5.01 Å². The van der Waals surface area contributed by atoms with Crippen molar-refractivity contribution in [1.82, 2.24) is 4.98 Å². The van der Waals surface area contributed by atoms with Gasteiger partial charge in [0.25, 0.3) is 0 Å². The number of aromatic nitrogens is 1. The maximum absolute atomic E-state index is 6.42. The van der Waals surface area contributed by atoms with Crippen molar-refractivity contribution >= 4 is 27.3 Å². The van der Waals surface area contributed by atoms with Gasteiger partial charge >= 0.3 is 0 Å². The topological polar surface area (TPSA) is 38.9 Å². The minimum absolute atomic E-state index is 0.146. The second kappa shape index (κ2) is 4.29. The molecule has 0 atom stereocenters. The van der Waals surface area contributed by atoms with E-state index in [2.05, 4.69) is 20.9 Å². The molecule has 0 spiro atoms. The smallest absolute Gasteiger partial charge is 0.114 e. The third kappa shape index (κ3) is 2.18. The molecule has 78 valence electrons. The van der Waals surface area contributed by atoms with E-state index in [4.69, 9.17) is 5.73 Å². The van der Waals surface area contributed by atoms with Gasteiger partial charge in [-0.25, -0.2) is 4.98 Å². The molecule has 0 radical (unpaired) electrons. The van der Waals surface area contributed by atoms with Crippen LogP contribution in [-0.2, 0) is 5.54 Å². The van der Waals surface area contributed by atoms with Crippen LogP contribution in [0.4, 0.5) is 0 Å². The molecule has 0 amide bonds. The van der Waals surface area contributed by atoms with Crippen LogP contribution in [0.1, 0.15) is 43.5 Å². The quantitative estimate of drug-likeness (QED) is 0.798. The molecule has 1 aliphatic rings. The molecule has 1 saturated carbocycles. The third-order valence-corrected chi connectivity index (χ3v) is 4.60. The van der Waals surface area contributed by atoms with Gasteiger partial charge < -0.3 is 5.73 Å². The number of nitrogens with two attached hydrogens (primary N) is 1. The number of thiazole rings is 1.